The molecular formula is C21H20ClN3OS. The second kappa shape index (κ2) is 8.21. The van der Waals surface area contributed by atoms with E-state index in [1.54, 1.807) is 29.8 Å². The molecule has 1 aromatic carbocycles. The van der Waals surface area contributed by atoms with Gasteiger partial charge in [0.15, 0.2) is 0 Å². The zero-order valence-corrected chi connectivity index (χ0v) is 16.4. The number of benzene rings is 1. The largest absolute Gasteiger partial charge is 0.336 e. The Kier molecular flexibility index (Phi) is 5.53. The number of thiophene rings is 1. The van der Waals surface area contributed by atoms with Crippen LogP contribution in [0.25, 0.3) is 0 Å². The van der Waals surface area contributed by atoms with Gasteiger partial charge in [-0.25, -0.2) is 0 Å². The lowest BCUT2D eigenvalue weighted by Gasteiger charge is -2.39. The average Bonchev–Trinajstić information content (AvgIpc) is 3.23. The first-order valence-electron chi connectivity index (χ1n) is 8.93. The van der Waals surface area contributed by atoms with Gasteiger partial charge in [-0.3, -0.25) is 14.7 Å². The molecule has 27 heavy (non-hydrogen) atoms. The molecule has 1 fully saturated rings. The summed E-state index contributed by atoms with van der Waals surface area (Å²) in [6, 6.07) is 14.7. The van der Waals surface area contributed by atoms with Crippen LogP contribution in [0.15, 0.2) is 65.6 Å². The Hall–Kier alpha value is -2.21. The van der Waals surface area contributed by atoms with E-state index in [1.807, 2.05) is 11.0 Å². The summed E-state index contributed by atoms with van der Waals surface area (Å²) in [5.41, 5.74) is 3.15. The molecule has 0 saturated carbocycles. The number of amides is 1. The molecule has 138 valence electrons. The van der Waals surface area contributed by atoms with Crippen LogP contribution < -0.4 is 0 Å². The highest BCUT2D eigenvalue weighted by Crippen LogP contribution is 2.31. The Balaban J connectivity index is 1.49. The smallest absolute Gasteiger partial charge is 0.255 e. The van der Waals surface area contributed by atoms with Gasteiger partial charge in [0.1, 0.15) is 0 Å². The van der Waals surface area contributed by atoms with E-state index >= 15 is 0 Å². The molecule has 4 nitrogen and oxygen atoms in total. The van der Waals surface area contributed by atoms with Crippen molar-refractivity contribution in [1.82, 2.24) is 14.8 Å². The van der Waals surface area contributed by atoms with Crippen LogP contribution in [0.1, 0.15) is 27.5 Å². The van der Waals surface area contributed by atoms with E-state index < -0.39 is 0 Å². The zero-order chi connectivity index (χ0) is 18.6. The summed E-state index contributed by atoms with van der Waals surface area (Å²) in [7, 11) is 0. The summed E-state index contributed by atoms with van der Waals surface area (Å²) in [4.78, 5) is 21.1. The fourth-order valence-corrected chi connectivity index (χ4v) is 4.43. The first-order chi connectivity index (χ1) is 13.2. The Labute approximate surface area is 168 Å². The van der Waals surface area contributed by atoms with E-state index in [0.717, 1.165) is 13.1 Å². The predicted octanol–water partition coefficient (Wildman–Crippen LogP) is 4.34. The number of hydrogen-bond acceptors (Lipinski definition) is 4. The number of carbonyl (C=O) groups excluding carboxylic acids is 1. The molecule has 0 spiro atoms. The first-order valence-corrected chi connectivity index (χ1v) is 10.3. The standard InChI is InChI=1S/C21H20ClN3OS/c22-19-12-18(13-23-14-19)21(26)25-9-7-24(8-10-25)20(17-6-11-27-15-17)16-4-2-1-3-5-16/h1-6,11-15,20H,7-10H2. The van der Waals surface area contributed by atoms with Crippen LogP contribution in [-0.2, 0) is 0 Å². The SMILES string of the molecule is O=C(c1cncc(Cl)c1)N1CCN(C(c2ccccc2)c2ccsc2)CC1. The molecule has 1 atom stereocenters. The minimum absolute atomic E-state index is 0.00329. The Morgan fingerprint density at radius 1 is 1.04 bits per heavy atom. The molecule has 0 aliphatic carbocycles. The lowest BCUT2D eigenvalue weighted by Crippen LogP contribution is -2.49. The number of pyridine rings is 1. The van der Waals surface area contributed by atoms with Gasteiger partial charge in [0.25, 0.3) is 5.91 Å². The van der Waals surface area contributed by atoms with Crippen molar-refractivity contribution in [3.8, 4) is 0 Å². The Morgan fingerprint density at radius 2 is 1.81 bits per heavy atom. The topological polar surface area (TPSA) is 36.4 Å². The van der Waals surface area contributed by atoms with Crippen molar-refractivity contribution < 1.29 is 4.79 Å². The number of aromatic nitrogens is 1. The third-order valence-electron chi connectivity index (χ3n) is 4.89. The second-order valence-corrected chi connectivity index (χ2v) is 7.81. The van der Waals surface area contributed by atoms with Crippen LogP contribution in [0.5, 0.6) is 0 Å². The number of piperazine rings is 1. The molecular weight excluding hydrogens is 378 g/mol. The maximum atomic E-state index is 12.7. The van der Waals surface area contributed by atoms with Crippen LogP contribution >= 0.6 is 22.9 Å². The quantitative estimate of drug-likeness (QED) is 0.656. The van der Waals surface area contributed by atoms with Crippen molar-refractivity contribution in [3.05, 3.63) is 87.3 Å². The highest BCUT2D eigenvalue weighted by Gasteiger charge is 2.28. The van der Waals surface area contributed by atoms with Gasteiger partial charge in [0.2, 0.25) is 0 Å². The molecule has 1 saturated heterocycles. The molecule has 3 aromatic rings. The van der Waals surface area contributed by atoms with Crippen LogP contribution in [-0.4, -0.2) is 46.9 Å². The van der Waals surface area contributed by atoms with Gasteiger partial charge in [0, 0.05) is 38.6 Å². The summed E-state index contributed by atoms with van der Waals surface area (Å²) >= 11 is 7.70. The van der Waals surface area contributed by atoms with Gasteiger partial charge in [-0.15, -0.1) is 0 Å². The van der Waals surface area contributed by atoms with Crippen molar-refractivity contribution in [2.45, 2.75) is 6.04 Å². The monoisotopic (exact) mass is 397 g/mol. The number of nitrogens with zero attached hydrogens (tertiary/aromatic N) is 3. The van der Waals surface area contributed by atoms with Crippen LogP contribution in [0.3, 0.4) is 0 Å². The fraction of sp³-hybridized carbons (Fsp3) is 0.238. The minimum atomic E-state index is -0.00329. The third kappa shape index (κ3) is 4.05. The van der Waals surface area contributed by atoms with E-state index in [-0.39, 0.29) is 11.9 Å². The van der Waals surface area contributed by atoms with Crippen molar-refractivity contribution in [2.24, 2.45) is 0 Å². The number of rotatable bonds is 4. The Bertz CT molecular complexity index is 893. The summed E-state index contributed by atoms with van der Waals surface area (Å²) in [6.07, 6.45) is 3.13. The van der Waals surface area contributed by atoms with Gasteiger partial charge < -0.3 is 4.90 Å². The van der Waals surface area contributed by atoms with Crippen molar-refractivity contribution in [1.29, 1.82) is 0 Å². The zero-order valence-electron chi connectivity index (χ0n) is 14.8. The molecule has 1 aliphatic rings. The second-order valence-electron chi connectivity index (χ2n) is 6.59. The number of hydrogen-bond donors (Lipinski definition) is 0. The lowest BCUT2D eigenvalue weighted by atomic mass is 9.98. The first kappa shape index (κ1) is 18.2. The van der Waals surface area contributed by atoms with E-state index in [2.05, 4.69) is 51.0 Å². The fourth-order valence-electron chi connectivity index (χ4n) is 3.57. The number of halogens is 1. The van der Waals surface area contributed by atoms with Crippen LogP contribution in [0.2, 0.25) is 5.02 Å². The van der Waals surface area contributed by atoms with Crippen LogP contribution in [0.4, 0.5) is 0 Å². The number of carbonyl (C=O) groups is 1. The van der Waals surface area contributed by atoms with Gasteiger partial charge in [-0.1, -0.05) is 41.9 Å². The summed E-state index contributed by atoms with van der Waals surface area (Å²) in [5.74, 6) is -0.00329. The van der Waals surface area contributed by atoms with Crippen molar-refractivity contribution in [3.63, 3.8) is 0 Å². The molecule has 1 unspecified atom stereocenters. The highest BCUT2D eigenvalue weighted by atomic mass is 35.5. The molecule has 0 N–H and O–H groups in total. The van der Waals surface area contributed by atoms with Gasteiger partial charge in [0.05, 0.1) is 16.6 Å². The molecule has 0 radical (unpaired) electrons. The Morgan fingerprint density at radius 3 is 2.48 bits per heavy atom. The van der Waals surface area contributed by atoms with Crippen molar-refractivity contribution in [2.75, 3.05) is 26.2 Å². The molecule has 4 rings (SSSR count). The normalized spacial score (nSPS) is 16.3. The molecule has 1 amide bonds. The molecule has 2 aromatic heterocycles. The summed E-state index contributed by atoms with van der Waals surface area (Å²) in [6.45, 7) is 3.04. The molecule has 1 aliphatic heterocycles. The van der Waals surface area contributed by atoms with Crippen LogP contribution in [0, 0.1) is 0 Å². The molecule has 3 heterocycles. The van der Waals surface area contributed by atoms with Gasteiger partial charge in [-0.05, 0) is 34.0 Å². The predicted molar refractivity (Wildman–Crippen MR) is 109 cm³/mol. The van der Waals surface area contributed by atoms with E-state index in [4.69, 9.17) is 11.6 Å². The van der Waals surface area contributed by atoms with Gasteiger partial charge >= 0.3 is 0 Å². The summed E-state index contributed by atoms with van der Waals surface area (Å²) < 4.78 is 0. The van der Waals surface area contributed by atoms with Crippen molar-refractivity contribution >= 4 is 28.8 Å². The van der Waals surface area contributed by atoms with Gasteiger partial charge in [-0.2, -0.15) is 11.3 Å². The maximum Gasteiger partial charge on any atom is 0.255 e. The van der Waals surface area contributed by atoms with E-state index in [0.29, 0.717) is 23.7 Å². The molecule has 6 heteroatoms. The lowest BCUT2D eigenvalue weighted by molar-refractivity contribution is 0.0597. The summed E-state index contributed by atoms with van der Waals surface area (Å²) in [5, 5.41) is 4.82. The van der Waals surface area contributed by atoms with E-state index in [1.165, 1.54) is 11.1 Å². The highest BCUT2D eigenvalue weighted by molar-refractivity contribution is 7.08. The average molecular weight is 398 g/mol. The minimum Gasteiger partial charge on any atom is -0.336 e. The maximum absolute atomic E-state index is 12.7. The molecule has 0 bridgehead atoms. The third-order valence-corrected chi connectivity index (χ3v) is 5.80. The van der Waals surface area contributed by atoms with E-state index in [9.17, 15) is 4.79 Å².